The zero-order valence-electron chi connectivity index (χ0n) is 8.66. The van der Waals surface area contributed by atoms with Crippen LogP contribution >= 0.6 is 11.3 Å². The van der Waals surface area contributed by atoms with Gasteiger partial charge in [0.1, 0.15) is 4.88 Å². The number of hydrogen-bond donors (Lipinski definition) is 0. The summed E-state index contributed by atoms with van der Waals surface area (Å²) in [5, 5.41) is 0. The molecule has 3 heteroatoms. The van der Waals surface area contributed by atoms with E-state index in [1.807, 2.05) is 32.9 Å². The second-order valence-electron chi connectivity index (χ2n) is 3.14. The first kappa shape index (κ1) is 11.0. The minimum absolute atomic E-state index is 0.231. The van der Waals surface area contributed by atoms with Gasteiger partial charge in [-0.2, -0.15) is 0 Å². The largest absolute Gasteiger partial charge is 0.462 e. The fourth-order valence-corrected chi connectivity index (χ4v) is 1.99. The molecule has 0 saturated carbocycles. The van der Waals surface area contributed by atoms with E-state index in [0.29, 0.717) is 11.5 Å². The summed E-state index contributed by atoms with van der Waals surface area (Å²) >= 11 is 1.46. The first-order valence-electron chi connectivity index (χ1n) is 4.55. The quantitative estimate of drug-likeness (QED) is 0.715. The van der Waals surface area contributed by atoms with Crippen LogP contribution in [0.4, 0.5) is 0 Å². The van der Waals surface area contributed by atoms with E-state index in [-0.39, 0.29) is 5.97 Å². The Bertz CT molecular complexity index is 346. The van der Waals surface area contributed by atoms with Crippen LogP contribution in [-0.2, 0) is 4.74 Å². The number of esters is 1. The maximum absolute atomic E-state index is 11.3. The van der Waals surface area contributed by atoms with Crippen LogP contribution in [0.25, 0.3) is 6.08 Å². The van der Waals surface area contributed by atoms with Crippen LogP contribution in [0.2, 0.25) is 0 Å². The summed E-state index contributed by atoms with van der Waals surface area (Å²) in [6.07, 6.45) is 2.05. The number of rotatable bonds is 3. The third kappa shape index (κ3) is 3.00. The Labute approximate surface area is 88.2 Å². The molecule has 0 aliphatic rings. The van der Waals surface area contributed by atoms with Gasteiger partial charge in [0.25, 0.3) is 0 Å². The van der Waals surface area contributed by atoms with Crippen LogP contribution in [0.5, 0.6) is 0 Å². The normalized spacial score (nSPS) is 9.64. The first-order valence-corrected chi connectivity index (χ1v) is 5.37. The number of thiophene rings is 1. The lowest BCUT2D eigenvalue weighted by Gasteiger charge is -1.96. The van der Waals surface area contributed by atoms with E-state index in [9.17, 15) is 4.79 Å². The molecule has 0 radical (unpaired) electrons. The van der Waals surface area contributed by atoms with Crippen molar-refractivity contribution in [3.8, 4) is 0 Å². The van der Waals surface area contributed by atoms with Crippen LogP contribution < -0.4 is 0 Å². The smallest absolute Gasteiger partial charge is 0.348 e. The molecule has 0 spiro atoms. The van der Waals surface area contributed by atoms with E-state index in [1.54, 1.807) is 6.07 Å². The van der Waals surface area contributed by atoms with Crippen LogP contribution in [0.3, 0.4) is 0 Å². The maximum Gasteiger partial charge on any atom is 0.348 e. The molecule has 1 aromatic rings. The first-order chi connectivity index (χ1) is 6.63. The van der Waals surface area contributed by atoms with Crippen molar-refractivity contribution in [1.82, 2.24) is 0 Å². The molecule has 0 N–H and O–H groups in total. The van der Waals surface area contributed by atoms with Crippen molar-refractivity contribution in [3.05, 3.63) is 27.5 Å². The Morgan fingerprint density at radius 2 is 2.21 bits per heavy atom. The van der Waals surface area contributed by atoms with Gasteiger partial charge < -0.3 is 4.74 Å². The van der Waals surface area contributed by atoms with Gasteiger partial charge in [-0.25, -0.2) is 4.79 Å². The van der Waals surface area contributed by atoms with Crippen molar-refractivity contribution in [2.45, 2.75) is 20.8 Å². The molecule has 2 nitrogen and oxygen atoms in total. The van der Waals surface area contributed by atoms with Crippen LogP contribution in [0, 0.1) is 0 Å². The Kier molecular flexibility index (Phi) is 3.89. The summed E-state index contributed by atoms with van der Waals surface area (Å²) in [5.74, 6) is -0.231. The molecule has 1 aromatic heterocycles. The predicted molar refractivity (Wildman–Crippen MR) is 59.6 cm³/mol. The zero-order valence-corrected chi connectivity index (χ0v) is 9.48. The molecule has 0 bridgehead atoms. The molecule has 0 saturated heterocycles. The Balaban J connectivity index is 2.78. The minimum atomic E-state index is -0.231. The van der Waals surface area contributed by atoms with Gasteiger partial charge in [-0.1, -0.05) is 5.57 Å². The van der Waals surface area contributed by atoms with Crippen LogP contribution in [0.1, 0.15) is 35.3 Å². The van der Waals surface area contributed by atoms with Gasteiger partial charge in [-0.15, -0.1) is 11.3 Å². The highest BCUT2D eigenvalue weighted by Crippen LogP contribution is 2.19. The topological polar surface area (TPSA) is 26.3 Å². The van der Waals surface area contributed by atoms with Crippen molar-refractivity contribution < 1.29 is 9.53 Å². The molecule has 0 amide bonds. The summed E-state index contributed by atoms with van der Waals surface area (Å²) < 4.78 is 4.90. The number of ether oxygens (including phenoxy) is 1. The SMILES string of the molecule is CCOC(=O)c1ccc(C=C(C)C)s1. The summed E-state index contributed by atoms with van der Waals surface area (Å²) in [4.78, 5) is 13.1. The standard InChI is InChI=1S/C11H14O2S/c1-4-13-11(12)10-6-5-9(14-10)7-8(2)3/h5-7H,4H2,1-3H3. The monoisotopic (exact) mass is 210 g/mol. The van der Waals surface area contributed by atoms with E-state index >= 15 is 0 Å². The Hall–Kier alpha value is -1.09. The van der Waals surface area contributed by atoms with Gasteiger partial charge in [0.15, 0.2) is 0 Å². The molecule has 0 aromatic carbocycles. The third-order valence-corrected chi connectivity index (χ3v) is 2.55. The molecule has 0 aliphatic carbocycles. The van der Waals surface area contributed by atoms with Crippen molar-refractivity contribution in [1.29, 1.82) is 0 Å². The summed E-state index contributed by atoms with van der Waals surface area (Å²) in [7, 11) is 0. The predicted octanol–water partition coefficient (Wildman–Crippen LogP) is 3.35. The highest BCUT2D eigenvalue weighted by Gasteiger charge is 2.08. The van der Waals surface area contributed by atoms with Crippen molar-refractivity contribution in [3.63, 3.8) is 0 Å². The molecule has 1 heterocycles. The molecular formula is C11H14O2S. The lowest BCUT2D eigenvalue weighted by molar-refractivity contribution is 0.0532. The molecule has 0 aliphatic heterocycles. The van der Waals surface area contributed by atoms with Gasteiger partial charge in [-0.3, -0.25) is 0 Å². The summed E-state index contributed by atoms with van der Waals surface area (Å²) in [6.45, 7) is 6.30. The highest BCUT2D eigenvalue weighted by atomic mass is 32.1. The maximum atomic E-state index is 11.3. The lowest BCUT2D eigenvalue weighted by Crippen LogP contribution is -2.01. The van der Waals surface area contributed by atoms with E-state index in [1.165, 1.54) is 16.9 Å². The lowest BCUT2D eigenvalue weighted by atomic mass is 10.3. The molecule has 0 unspecified atom stereocenters. The average Bonchev–Trinajstić information content (AvgIpc) is 2.52. The van der Waals surface area contributed by atoms with E-state index in [2.05, 4.69) is 0 Å². The number of carbonyl (C=O) groups is 1. The third-order valence-electron chi connectivity index (χ3n) is 1.53. The second kappa shape index (κ2) is 4.96. The average molecular weight is 210 g/mol. The zero-order chi connectivity index (χ0) is 10.6. The molecule has 14 heavy (non-hydrogen) atoms. The summed E-state index contributed by atoms with van der Waals surface area (Å²) in [5.41, 5.74) is 1.22. The van der Waals surface area contributed by atoms with E-state index < -0.39 is 0 Å². The molecule has 0 fully saturated rings. The summed E-state index contributed by atoms with van der Waals surface area (Å²) in [6, 6.07) is 3.74. The van der Waals surface area contributed by atoms with Gasteiger partial charge >= 0.3 is 5.97 Å². The number of allylic oxidation sites excluding steroid dienone is 1. The number of carbonyl (C=O) groups excluding carboxylic acids is 1. The van der Waals surface area contributed by atoms with Gasteiger partial charge in [-0.05, 0) is 39.0 Å². The fraction of sp³-hybridized carbons (Fsp3) is 0.364. The van der Waals surface area contributed by atoms with Gasteiger partial charge in [0, 0.05) is 4.88 Å². The van der Waals surface area contributed by atoms with E-state index in [0.717, 1.165) is 4.88 Å². The Morgan fingerprint density at radius 1 is 1.50 bits per heavy atom. The number of hydrogen-bond acceptors (Lipinski definition) is 3. The van der Waals surface area contributed by atoms with Crippen molar-refractivity contribution in [2.24, 2.45) is 0 Å². The molecule has 1 rings (SSSR count). The van der Waals surface area contributed by atoms with Crippen LogP contribution in [-0.4, -0.2) is 12.6 Å². The minimum Gasteiger partial charge on any atom is -0.462 e. The fourth-order valence-electron chi connectivity index (χ4n) is 1.03. The molecule has 76 valence electrons. The van der Waals surface area contributed by atoms with Crippen LogP contribution in [0.15, 0.2) is 17.7 Å². The molecule has 0 atom stereocenters. The highest BCUT2D eigenvalue weighted by molar-refractivity contribution is 7.14. The van der Waals surface area contributed by atoms with Crippen molar-refractivity contribution >= 4 is 23.4 Å². The molecular weight excluding hydrogens is 196 g/mol. The van der Waals surface area contributed by atoms with Gasteiger partial charge in [0.05, 0.1) is 6.61 Å². The Morgan fingerprint density at radius 3 is 2.79 bits per heavy atom. The van der Waals surface area contributed by atoms with Crippen molar-refractivity contribution in [2.75, 3.05) is 6.61 Å². The second-order valence-corrected chi connectivity index (χ2v) is 4.26. The van der Waals surface area contributed by atoms with Gasteiger partial charge in [0.2, 0.25) is 0 Å². The van der Waals surface area contributed by atoms with E-state index in [4.69, 9.17) is 4.74 Å².